The number of aromatic nitrogens is 1. The number of hydrogen-bond acceptors (Lipinski definition) is 5. The Bertz CT molecular complexity index is 538. The van der Waals surface area contributed by atoms with Crippen LogP contribution in [-0.4, -0.2) is 80.2 Å². The average Bonchev–Trinajstić information content (AvgIpc) is 2.99. The maximum atomic E-state index is 12.7. The highest BCUT2D eigenvalue weighted by atomic mass is 16.5. The largest absolute Gasteiger partial charge is 0.379 e. The molecule has 0 saturated carbocycles. The predicted octanol–water partition coefficient (Wildman–Crippen LogP) is 0.694. The van der Waals surface area contributed by atoms with Crippen molar-refractivity contribution in [2.45, 2.75) is 12.0 Å². The first-order chi connectivity index (χ1) is 10.5. The second-order valence-electron chi connectivity index (χ2n) is 6.47. The minimum atomic E-state index is -0.0164. The van der Waals surface area contributed by atoms with Gasteiger partial charge in [-0.2, -0.15) is 0 Å². The number of hydrogen-bond donors (Lipinski definition) is 0. The summed E-state index contributed by atoms with van der Waals surface area (Å²) >= 11 is 0. The van der Waals surface area contributed by atoms with Gasteiger partial charge in [-0.05, 0) is 25.6 Å². The number of piperazine rings is 1. The van der Waals surface area contributed by atoms with Crippen LogP contribution in [0.1, 0.15) is 16.9 Å². The first kappa shape index (κ1) is 15.2. The summed E-state index contributed by atoms with van der Waals surface area (Å²) in [5.74, 6) is 0.0182. The Morgan fingerprint density at radius 2 is 2.18 bits per heavy atom. The highest BCUT2D eigenvalue weighted by Crippen LogP contribution is 2.29. The van der Waals surface area contributed by atoms with Crippen LogP contribution in [-0.2, 0) is 4.74 Å². The lowest BCUT2D eigenvalue weighted by Gasteiger charge is -2.46. The van der Waals surface area contributed by atoms with Crippen LogP contribution in [0.3, 0.4) is 0 Å². The van der Waals surface area contributed by atoms with Crippen LogP contribution >= 0.6 is 0 Å². The fraction of sp³-hybridized carbons (Fsp3) is 0.625. The van der Waals surface area contributed by atoms with Gasteiger partial charge in [0.2, 0.25) is 0 Å². The minimum absolute atomic E-state index is 0.0164. The minimum Gasteiger partial charge on any atom is -0.379 e. The molecule has 0 bridgehead atoms. The van der Waals surface area contributed by atoms with Gasteiger partial charge in [0.05, 0.1) is 24.0 Å². The monoisotopic (exact) mass is 304 g/mol. The third-order valence-electron chi connectivity index (χ3n) is 4.85. The molecule has 2 aliphatic heterocycles. The number of carbonyl (C=O) groups excluding carboxylic acids is 1. The second-order valence-corrected chi connectivity index (χ2v) is 6.47. The van der Waals surface area contributed by atoms with E-state index in [2.05, 4.69) is 16.9 Å². The molecule has 0 radical (unpaired) electrons. The molecule has 6 nitrogen and oxygen atoms in total. The molecule has 2 aliphatic rings. The van der Waals surface area contributed by atoms with Crippen molar-refractivity contribution in [1.29, 1.82) is 0 Å². The zero-order valence-electron chi connectivity index (χ0n) is 13.6. The highest BCUT2D eigenvalue weighted by molar-refractivity contribution is 5.92. The molecule has 1 spiro atoms. The Kier molecular flexibility index (Phi) is 4.06. The zero-order chi connectivity index (χ0) is 15.7. The molecule has 2 saturated heterocycles. The van der Waals surface area contributed by atoms with Crippen molar-refractivity contribution in [3.8, 4) is 0 Å². The van der Waals surface area contributed by atoms with Crippen LogP contribution in [0.15, 0.2) is 18.3 Å². The predicted molar refractivity (Wildman–Crippen MR) is 85.3 cm³/mol. The van der Waals surface area contributed by atoms with Crippen molar-refractivity contribution in [1.82, 2.24) is 14.8 Å². The molecule has 0 aromatic carbocycles. The van der Waals surface area contributed by atoms with Crippen molar-refractivity contribution in [2.75, 3.05) is 58.9 Å². The third kappa shape index (κ3) is 2.68. The number of likely N-dealkylation sites (N-methyl/N-ethyl adjacent to an activating group) is 1. The first-order valence-corrected chi connectivity index (χ1v) is 7.73. The van der Waals surface area contributed by atoms with Gasteiger partial charge in [-0.15, -0.1) is 0 Å². The molecule has 1 aromatic rings. The lowest BCUT2D eigenvalue weighted by atomic mass is 9.93. The highest BCUT2D eigenvalue weighted by Gasteiger charge is 2.44. The molecule has 1 unspecified atom stereocenters. The number of pyridine rings is 1. The standard InChI is InChI=1S/C16H24N4O2/c1-18(2)13-4-5-14(17-10-13)15(21)20-8-7-19(3)16(11-20)6-9-22-12-16/h4-5,10H,6-9,11-12H2,1-3H3. The molecule has 1 amide bonds. The summed E-state index contributed by atoms with van der Waals surface area (Å²) < 4.78 is 5.58. The van der Waals surface area contributed by atoms with E-state index < -0.39 is 0 Å². The molecule has 3 rings (SSSR count). The summed E-state index contributed by atoms with van der Waals surface area (Å²) in [6.45, 7) is 3.83. The summed E-state index contributed by atoms with van der Waals surface area (Å²) in [5.41, 5.74) is 1.50. The van der Waals surface area contributed by atoms with E-state index in [1.807, 2.05) is 36.0 Å². The molecule has 2 fully saturated rings. The number of carbonyl (C=O) groups is 1. The van der Waals surface area contributed by atoms with E-state index in [1.165, 1.54) is 0 Å². The van der Waals surface area contributed by atoms with E-state index in [4.69, 9.17) is 4.74 Å². The lowest BCUT2D eigenvalue weighted by Crippen LogP contribution is -2.62. The fourth-order valence-electron chi connectivity index (χ4n) is 3.20. The molecule has 22 heavy (non-hydrogen) atoms. The van der Waals surface area contributed by atoms with Gasteiger partial charge in [-0.3, -0.25) is 9.69 Å². The molecule has 3 heterocycles. The maximum Gasteiger partial charge on any atom is 0.272 e. The molecule has 0 aliphatic carbocycles. The molecule has 6 heteroatoms. The molecule has 1 atom stereocenters. The number of rotatable bonds is 2. The Hall–Kier alpha value is -1.66. The average molecular weight is 304 g/mol. The van der Waals surface area contributed by atoms with Gasteiger partial charge in [-0.1, -0.05) is 0 Å². The van der Waals surface area contributed by atoms with Gasteiger partial charge in [0, 0.05) is 40.3 Å². The van der Waals surface area contributed by atoms with Gasteiger partial charge < -0.3 is 14.5 Å². The normalized spacial score (nSPS) is 25.7. The van der Waals surface area contributed by atoms with Gasteiger partial charge in [-0.25, -0.2) is 4.98 Å². The van der Waals surface area contributed by atoms with Crippen molar-refractivity contribution < 1.29 is 9.53 Å². The zero-order valence-corrected chi connectivity index (χ0v) is 13.6. The lowest BCUT2D eigenvalue weighted by molar-refractivity contribution is 0.00898. The molecular formula is C16H24N4O2. The van der Waals surface area contributed by atoms with Crippen molar-refractivity contribution in [2.24, 2.45) is 0 Å². The topological polar surface area (TPSA) is 48.9 Å². The molecule has 120 valence electrons. The molecule has 0 N–H and O–H groups in total. The van der Waals surface area contributed by atoms with E-state index in [0.29, 0.717) is 12.3 Å². The van der Waals surface area contributed by atoms with Gasteiger partial charge in [0.15, 0.2) is 0 Å². The number of ether oxygens (including phenoxy) is 1. The van der Waals surface area contributed by atoms with Crippen molar-refractivity contribution in [3.05, 3.63) is 24.0 Å². The van der Waals surface area contributed by atoms with E-state index in [-0.39, 0.29) is 11.4 Å². The van der Waals surface area contributed by atoms with Gasteiger partial charge >= 0.3 is 0 Å². The third-order valence-corrected chi connectivity index (χ3v) is 4.85. The maximum absolute atomic E-state index is 12.7. The summed E-state index contributed by atoms with van der Waals surface area (Å²) in [4.78, 5) is 23.3. The number of amides is 1. The van der Waals surface area contributed by atoms with Crippen LogP contribution < -0.4 is 4.90 Å². The van der Waals surface area contributed by atoms with Crippen LogP contribution in [0.25, 0.3) is 0 Å². The SMILES string of the molecule is CN(C)c1ccc(C(=O)N2CCN(C)C3(CCOC3)C2)nc1. The van der Waals surface area contributed by atoms with E-state index >= 15 is 0 Å². The van der Waals surface area contributed by atoms with E-state index in [1.54, 1.807) is 6.20 Å². The quantitative estimate of drug-likeness (QED) is 0.805. The van der Waals surface area contributed by atoms with E-state index in [0.717, 1.165) is 38.3 Å². The van der Waals surface area contributed by atoms with Crippen LogP contribution in [0, 0.1) is 0 Å². The first-order valence-electron chi connectivity index (χ1n) is 7.73. The summed E-state index contributed by atoms with van der Waals surface area (Å²) in [5, 5.41) is 0. The second kappa shape index (κ2) is 5.85. The Labute approximate surface area is 131 Å². The Morgan fingerprint density at radius 1 is 1.36 bits per heavy atom. The number of nitrogens with zero attached hydrogens (tertiary/aromatic N) is 4. The summed E-state index contributed by atoms with van der Waals surface area (Å²) in [6, 6.07) is 3.75. The van der Waals surface area contributed by atoms with Gasteiger partial charge in [0.25, 0.3) is 5.91 Å². The van der Waals surface area contributed by atoms with Crippen LogP contribution in [0.4, 0.5) is 5.69 Å². The summed E-state index contributed by atoms with van der Waals surface area (Å²) in [6.07, 6.45) is 2.73. The fourth-order valence-corrected chi connectivity index (χ4v) is 3.20. The molecule has 1 aromatic heterocycles. The smallest absolute Gasteiger partial charge is 0.272 e. The Morgan fingerprint density at radius 3 is 2.77 bits per heavy atom. The Balaban J connectivity index is 1.74. The van der Waals surface area contributed by atoms with Crippen molar-refractivity contribution in [3.63, 3.8) is 0 Å². The summed E-state index contributed by atoms with van der Waals surface area (Å²) in [7, 11) is 6.05. The van der Waals surface area contributed by atoms with Crippen LogP contribution in [0.2, 0.25) is 0 Å². The van der Waals surface area contributed by atoms with E-state index in [9.17, 15) is 4.79 Å². The van der Waals surface area contributed by atoms with Crippen LogP contribution in [0.5, 0.6) is 0 Å². The molecular weight excluding hydrogens is 280 g/mol. The van der Waals surface area contributed by atoms with Gasteiger partial charge in [0.1, 0.15) is 5.69 Å². The van der Waals surface area contributed by atoms with Crippen molar-refractivity contribution >= 4 is 11.6 Å². The number of anilines is 1.